The normalized spacial score (nSPS) is 23.1. The molecule has 0 spiro atoms. The third-order valence-electron chi connectivity index (χ3n) is 7.60. The molecule has 7 heteroatoms. The van der Waals surface area contributed by atoms with Gasteiger partial charge in [-0.15, -0.1) is 0 Å². The van der Waals surface area contributed by atoms with Gasteiger partial charge in [0.25, 0.3) is 0 Å². The molecule has 3 aliphatic carbocycles. The van der Waals surface area contributed by atoms with Crippen molar-refractivity contribution in [2.75, 3.05) is 20.3 Å². The predicted octanol–water partition coefficient (Wildman–Crippen LogP) is 3.31. The van der Waals surface area contributed by atoms with Crippen molar-refractivity contribution in [3.05, 3.63) is 101 Å². The Bertz CT molecular complexity index is 1300. The van der Waals surface area contributed by atoms with E-state index in [2.05, 4.69) is 0 Å². The van der Waals surface area contributed by atoms with E-state index in [0.717, 1.165) is 27.2 Å². The van der Waals surface area contributed by atoms with Gasteiger partial charge in [-0.1, -0.05) is 48.5 Å². The number of carbonyl (C=O) groups excluding carboxylic acids is 4. The summed E-state index contributed by atoms with van der Waals surface area (Å²) in [6.07, 6.45) is 0. The van der Waals surface area contributed by atoms with Crippen LogP contribution in [0.1, 0.15) is 44.4 Å². The van der Waals surface area contributed by atoms with Gasteiger partial charge >= 0.3 is 5.97 Å². The summed E-state index contributed by atoms with van der Waals surface area (Å²) in [5, 5.41) is 0. The molecule has 0 aromatic heterocycles. The van der Waals surface area contributed by atoms with Gasteiger partial charge in [0, 0.05) is 17.4 Å². The lowest BCUT2D eigenvalue weighted by atomic mass is 9.55. The van der Waals surface area contributed by atoms with Crippen molar-refractivity contribution in [1.82, 2.24) is 4.90 Å². The topological polar surface area (TPSA) is 90.0 Å². The molecule has 0 saturated carbocycles. The van der Waals surface area contributed by atoms with Gasteiger partial charge in [-0.3, -0.25) is 24.1 Å². The number of carbonyl (C=O) groups is 4. The van der Waals surface area contributed by atoms with E-state index in [0.29, 0.717) is 11.3 Å². The SMILES string of the molecule is COc1ccc(C(=O)COC(=O)CN2C(=O)[C@@H]3C4c5ccccc5C(c5ccccc54)[C@H]3C2=O)cc1. The first kappa shape index (κ1) is 22.2. The zero-order valence-electron chi connectivity index (χ0n) is 19.5. The van der Waals surface area contributed by atoms with Crippen LogP contribution in [0.25, 0.3) is 0 Å². The van der Waals surface area contributed by atoms with Crippen LogP contribution >= 0.6 is 0 Å². The van der Waals surface area contributed by atoms with E-state index < -0.39 is 31.0 Å². The van der Waals surface area contributed by atoms with Crippen LogP contribution in [0.15, 0.2) is 72.8 Å². The van der Waals surface area contributed by atoms with Crippen molar-refractivity contribution in [2.24, 2.45) is 11.8 Å². The molecule has 1 saturated heterocycles. The number of amides is 2. The number of hydrogen-bond donors (Lipinski definition) is 0. The highest BCUT2D eigenvalue weighted by Crippen LogP contribution is 2.60. The summed E-state index contributed by atoms with van der Waals surface area (Å²) in [5.74, 6) is -2.87. The molecular formula is C29H23NO6. The lowest BCUT2D eigenvalue weighted by Gasteiger charge is -2.45. The highest BCUT2D eigenvalue weighted by Gasteiger charge is 2.61. The molecule has 3 aromatic rings. The summed E-state index contributed by atoms with van der Waals surface area (Å²) < 4.78 is 10.2. The number of ether oxygens (including phenoxy) is 2. The van der Waals surface area contributed by atoms with Crippen molar-refractivity contribution in [3.63, 3.8) is 0 Å². The summed E-state index contributed by atoms with van der Waals surface area (Å²) in [6, 6.07) is 22.4. The van der Waals surface area contributed by atoms with Crippen LogP contribution in [0, 0.1) is 11.8 Å². The number of imide groups is 1. The highest BCUT2D eigenvalue weighted by molar-refractivity contribution is 6.09. The Morgan fingerprint density at radius 2 is 1.22 bits per heavy atom. The van der Waals surface area contributed by atoms with Gasteiger partial charge in [0.2, 0.25) is 11.8 Å². The number of methoxy groups -OCH3 is 1. The molecule has 0 radical (unpaired) electrons. The number of Topliss-reactive ketones (excluding diaryl/α,β-unsaturated/α-hetero) is 1. The van der Waals surface area contributed by atoms with Gasteiger partial charge in [0.05, 0.1) is 18.9 Å². The average Bonchev–Trinajstić information content (AvgIpc) is 3.17. The van der Waals surface area contributed by atoms with Gasteiger partial charge in [-0.05, 0) is 46.5 Å². The molecule has 1 heterocycles. The molecule has 2 amide bonds. The minimum absolute atomic E-state index is 0.235. The van der Waals surface area contributed by atoms with E-state index in [-0.39, 0.29) is 29.4 Å². The first-order valence-electron chi connectivity index (χ1n) is 11.9. The third-order valence-corrected chi connectivity index (χ3v) is 7.60. The molecule has 4 aliphatic rings. The Labute approximate surface area is 207 Å². The maximum absolute atomic E-state index is 13.5. The fourth-order valence-corrected chi connectivity index (χ4v) is 6.08. The standard InChI is InChI=1S/C29H23NO6/c1-35-17-12-10-16(11-13-17)22(31)15-36-23(32)14-30-28(33)26-24-18-6-2-3-7-19(18)25(27(26)29(30)34)21-9-5-4-8-20(21)24/h2-13,24-27H,14-15H2,1H3/t24?,25?,26-,27-/m1/s1. The molecular weight excluding hydrogens is 458 g/mol. The Kier molecular flexibility index (Phi) is 5.21. The molecule has 3 aromatic carbocycles. The van der Waals surface area contributed by atoms with Crippen LogP contribution in [-0.2, 0) is 19.1 Å². The second kappa shape index (κ2) is 8.45. The zero-order valence-corrected chi connectivity index (χ0v) is 19.5. The number of nitrogens with zero attached hydrogens (tertiary/aromatic N) is 1. The number of ketones is 1. The lowest BCUT2D eigenvalue weighted by molar-refractivity contribution is -0.152. The van der Waals surface area contributed by atoms with E-state index in [4.69, 9.17) is 9.47 Å². The second-order valence-corrected chi connectivity index (χ2v) is 9.34. The summed E-state index contributed by atoms with van der Waals surface area (Å²) in [7, 11) is 1.53. The highest BCUT2D eigenvalue weighted by atomic mass is 16.5. The number of hydrogen-bond acceptors (Lipinski definition) is 6. The molecule has 2 bridgehead atoms. The van der Waals surface area contributed by atoms with Gasteiger partial charge in [-0.2, -0.15) is 0 Å². The Hall–Kier alpha value is -4.26. The second-order valence-electron chi connectivity index (χ2n) is 9.34. The molecule has 1 aliphatic heterocycles. The van der Waals surface area contributed by atoms with E-state index in [1.165, 1.54) is 7.11 Å². The van der Waals surface area contributed by atoms with Gasteiger partial charge in [0.1, 0.15) is 12.3 Å². The van der Waals surface area contributed by atoms with E-state index in [9.17, 15) is 19.2 Å². The Morgan fingerprint density at radius 1 is 0.750 bits per heavy atom. The number of benzene rings is 3. The summed E-state index contributed by atoms with van der Waals surface area (Å²) in [4.78, 5) is 53.1. The van der Waals surface area contributed by atoms with Crippen LogP contribution in [0.3, 0.4) is 0 Å². The molecule has 7 nitrogen and oxygen atoms in total. The van der Waals surface area contributed by atoms with Crippen molar-refractivity contribution >= 4 is 23.6 Å². The monoisotopic (exact) mass is 481 g/mol. The minimum Gasteiger partial charge on any atom is -0.497 e. The fourth-order valence-electron chi connectivity index (χ4n) is 6.08. The van der Waals surface area contributed by atoms with E-state index >= 15 is 0 Å². The quantitative estimate of drug-likeness (QED) is 0.305. The minimum atomic E-state index is -0.792. The molecule has 180 valence electrons. The van der Waals surface area contributed by atoms with Crippen LogP contribution in [0.2, 0.25) is 0 Å². The van der Waals surface area contributed by atoms with E-state index in [1.807, 2.05) is 48.5 Å². The van der Waals surface area contributed by atoms with Crippen molar-refractivity contribution in [3.8, 4) is 5.75 Å². The van der Waals surface area contributed by atoms with E-state index in [1.54, 1.807) is 24.3 Å². The van der Waals surface area contributed by atoms with Gasteiger partial charge in [-0.25, -0.2) is 0 Å². The zero-order chi connectivity index (χ0) is 25.0. The number of rotatable bonds is 6. The number of esters is 1. The smallest absolute Gasteiger partial charge is 0.326 e. The van der Waals surface area contributed by atoms with Gasteiger partial charge < -0.3 is 9.47 Å². The largest absolute Gasteiger partial charge is 0.497 e. The molecule has 1 fully saturated rings. The summed E-state index contributed by atoms with van der Waals surface area (Å²) in [5.41, 5.74) is 4.64. The van der Waals surface area contributed by atoms with Crippen LogP contribution in [0.5, 0.6) is 5.75 Å². The molecule has 36 heavy (non-hydrogen) atoms. The van der Waals surface area contributed by atoms with Gasteiger partial charge in [0.15, 0.2) is 12.4 Å². The van der Waals surface area contributed by atoms with Crippen molar-refractivity contribution < 1.29 is 28.7 Å². The molecule has 0 N–H and O–H groups in total. The lowest BCUT2D eigenvalue weighted by Crippen LogP contribution is -2.41. The fraction of sp³-hybridized carbons (Fsp3) is 0.241. The Balaban J connectivity index is 1.21. The van der Waals surface area contributed by atoms with Crippen molar-refractivity contribution in [2.45, 2.75) is 11.8 Å². The summed E-state index contributed by atoms with van der Waals surface area (Å²) >= 11 is 0. The third kappa shape index (κ3) is 3.26. The maximum Gasteiger partial charge on any atom is 0.326 e. The van der Waals surface area contributed by atoms with Crippen LogP contribution in [0.4, 0.5) is 0 Å². The van der Waals surface area contributed by atoms with Crippen LogP contribution < -0.4 is 4.74 Å². The van der Waals surface area contributed by atoms with Crippen LogP contribution in [-0.4, -0.2) is 48.7 Å². The number of likely N-dealkylation sites (tertiary alicyclic amines) is 1. The first-order valence-corrected chi connectivity index (χ1v) is 11.9. The first-order chi connectivity index (χ1) is 17.5. The average molecular weight is 482 g/mol. The molecule has 7 rings (SSSR count). The Morgan fingerprint density at radius 3 is 1.67 bits per heavy atom. The molecule has 0 unspecified atom stereocenters. The molecule has 2 atom stereocenters. The predicted molar refractivity (Wildman–Crippen MR) is 129 cm³/mol. The summed E-state index contributed by atoms with van der Waals surface area (Å²) in [6.45, 7) is -0.983. The maximum atomic E-state index is 13.5. The van der Waals surface area contributed by atoms with Crippen molar-refractivity contribution in [1.29, 1.82) is 0 Å².